The molecular formula is C18H19ClO2. The smallest absolute Gasteiger partial charge is 0.118 e. The summed E-state index contributed by atoms with van der Waals surface area (Å²) in [6.45, 7) is 3.91. The summed E-state index contributed by atoms with van der Waals surface area (Å²) in [7, 11) is 1.64. The largest absolute Gasteiger partial charge is 0.497 e. The minimum absolute atomic E-state index is 0.00976. The first kappa shape index (κ1) is 15.6. The molecule has 0 saturated heterocycles. The zero-order valence-corrected chi connectivity index (χ0v) is 12.8. The summed E-state index contributed by atoms with van der Waals surface area (Å²) in [6, 6.07) is 15.4. The third-order valence-electron chi connectivity index (χ3n) is 3.77. The number of aliphatic hydroxyl groups excluding tert-OH is 1. The topological polar surface area (TPSA) is 29.5 Å². The van der Waals surface area contributed by atoms with Crippen molar-refractivity contribution in [2.24, 2.45) is 0 Å². The Balaban J connectivity index is 2.32. The Bertz CT molecular complexity index is 590. The van der Waals surface area contributed by atoms with Gasteiger partial charge in [0.2, 0.25) is 0 Å². The molecule has 0 aliphatic carbocycles. The van der Waals surface area contributed by atoms with Crippen LogP contribution in [0.5, 0.6) is 5.75 Å². The molecule has 0 radical (unpaired) electrons. The average Bonchev–Trinajstić information content (AvgIpc) is 2.54. The molecule has 0 spiro atoms. The van der Waals surface area contributed by atoms with Crippen LogP contribution in [0.2, 0.25) is 5.02 Å². The Hall–Kier alpha value is -1.77. The highest BCUT2D eigenvalue weighted by molar-refractivity contribution is 6.30. The van der Waals surface area contributed by atoms with E-state index in [4.69, 9.17) is 16.3 Å². The standard InChI is InChI=1S/C18H19ClO2/c1-3-18(13-20,15-6-8-16(19)9-7-15)12-14-4-10-17(21-2)11-5-14/h3-11,20H,1,12-13H2,2H3/t18-/m1/s1. The normalized spacial score (nSPS) is 13.5. The number of hydrogen-bond acceptors (Lipinski definition) is 2. The molecule has 1 atom stereocenters. The van der Waals surface area contributed by atoms with Crippen LogP contribution in [0.1, 0.15) is 11.1 Å². The van der Waals surface area contributed by atoms with Crippen molar-refractivity contribution < 1.29 is 9.84 Å². The minimum atomic E-state index is -0.515. The van der Waals surface area contributed by atoms with Crippen LogP contribution in [-0.2, 0) is 11.8 Å². The zero-order valence-electron chi connectivity index (χ0n) is 12.1. The van der Waals surface area contributed by atoms with E-state index in [-0.39, 0.29) is 6.61 Å². The summed E-state index contributed by atoms with van der Waals surface area (Å²) in [5.41, 5.74) is 1.60. The molecule has 0 aliphatic rings. The first-order chi connectivity index (χ1) is 10.1. The van der Waals surface area contributed by atoms with Gasteiger partial charge in [0, 0.05) is 10.4 Å². The molecule has 0 aromatic heterocycles. The molecule has 0 bridgehead atoms. The number of benzene rings is 2. The Kier molecular flexibility index (Phi) is 5.05. The van der Waals surface area contributed by atoms with Crippen molar-refractivity contribution in [2.75, 3.05) is 13.7 Å². The molecule has 0 heterocycles. The van der Waals surface area contributed by atoms with Crippen molar-refractivity contribution in [2.45, 2.75) is 11.8 Å². The number of methoxy groups -OCH3 is 1. The maximum absolute atomic E-state index is 9.93. The average molecular weight is 303 g/mol. The summed E-state index contributed by atoms with van der Waals surface area (Å²) in [6.07, 6.45) is 2.47. The van der Waals surface area contributed by atoms with Crippen LogP contribution < -0.4 is 4.74 Å². The van der Waals surface area contributed by atoms with Gasteiger partial charge in [0.15, 0.2) is 0 Å². The van der Waals surface area contributed by atoms with Gasteiger partial charge in [-0.25, -0.2) is 0 Å². The van der Waals surface area contributed by atoms with Crippen LogP contribution in [-0.4, -0.2) is 18.8 Å². The lowest BCUT2D eigenvalue weighted by Crippen LogP contribution is -2.30. The van der Waals surface area contributed by atoms with E-state index in [0.717, 1.165) is 16.9 Å². The first-order valence-corrected chi connectivity index (χ1v) is 7.15. The van der Waals surface area contributed by atoms with Crippen LogP contribution >= 0.6 is 11.6 Å². The lowest BCUT2D eigenvalue weighted by molar-refractivity contribution is 0.224. The van der Waals surface area contributed by atoms with E-state index in [1.165, 1.54) is 0 Å². The number of rotatable bonds is 6. The Labute approximate surface area is 130 Å². The molecule has 0 amide bonds. The van der Waals surface area contributed by atoms with Crippen LogP contribution in [0, 0.1) is 0 Å². The zero-order chi connectivity index (χ0) is 15.3. The lowest BCUT2D eigenvalue weighted by Gasteiger charge is -2.29. The monoisotopic (exact) mass is 302 g/mol. The van der Waals surface area contributed by atoms with Gasteiger partial charge in [-0.15, -0.1) is 6.58 Å². The van der Waals surface area contributed by atoms with Gasteiger partial charge < -0.3 is 9.84 Å². The van der Waals surface area contributed by atoms with Crippen molar-refractivity contribution in [3.05, 3.63) is 77.3 Å². The molecule has 0 fully saturated rings. The van der Waals surface area contributed by atoms with Crippen molar-refractivity contribution in [1.29, 1.82) is 0 Å². The van der Waals surface area contributed by atoms with E-state index in [2.05, 4.69) is 6.58 Å². The molecule has 2 nitrogen and oxygen atoms in total. The number of aliphatic hydroxyl groups is 1. The molecule has 2 aromatic carbocycles. The number of halogens is 1. The maximum Gasteiger partial charge on any atom is 0.118 e. The van der Waals surface area contributed by atoms with Crippen molar-refractivity contribution in [3.8, 4) is 5.75 Å². The van der Waals surface area contributed by atoms with Crippen molar-refractivity contribution in [1.82, 2.24) is 0 Å². The van der Waals surface area contributed by atoms with E-state index in [1.807, 2.05) is 48.5 Å². The summed E-state index contributed by atoms with van der Waals surface area (Å²) in [5, 5.41) is 10.6. The Morgan fingerprint density at radius 1 is 1.14 bits per heavy atom. The van der Waals surface area contributed by atoms with Crippen LogP contribution in [0.3, 0.4) is 0 Å². The van der Waals surface area contributed by atoms with Gasteiger partial charge in [0.1, 0.15) is 5.75 Å². The molecular weight excluding hydrogens is 284 g/mol. The highest BCUT2D eigenvalue weighted by Crippen LogP contribution is 2.31. The second kappa shape index (κ2) is 6.79. The van der Waals surface area contributed by atoms with E-state index in [1.54, 1.807) is 13.2 Å². The number of hydrogen-bond donors (Lipinski definition) is 1. The van der Waals surface area contributed by atoms with Crippen LogP contribution in [0.4, 0.5) is 0 Å². The summed E-state index contributed by atoms with van der Waals surface area (Å²) < 4.78 is 5.17. The molecule has 1 N–H and O–H groups in total. The molecule has 21 heavy (non-hydrogen) atoms. The second-order valence-corrected chi connectivity index (χ2v) is 5.49. The molecule has 110 valence electrons. The highest BCUT2D eigenvalue weighted by Gasteiger charge is 2.28. The Morgan fingerprint density at radius 2 is 1.76 bits per heavy atom. The third kappa shape index (κ3) is 3.46. The van der Waals surface area contributed by atoms with Gasteiger partial charge >= 0.3 is 0 Å². The van der Waals surface area contributed by atoms with Gasteiger partial charge in [-0.1, -0.05) is 41.9 Å². The SMILES string of the molecule is C=C[C@](CO)(Cc1ccc(OC)cc1)c1ccc(Cl)cc1. The summed E-state index contributed by atoms with van der Waals surface area (Å²) >= 11 is 5.94. The van der Waals surface area contributed by atoms with Crippen molar-refractivity contribution >= 4 is 11.6 Å². The quantitative estimate of drug-likeness (QED) is 0.817. The molecule has 2 rings (SSSR count). The molecule has 2 aromatic rings. The first-order valence-electron chi connectivity index (χ1n) is 6.77. The fourth-order valence-electron chi connectivity index (χ4n) is 2.39. The van der Waals surface area contributed by atoms with Crippen molar-refractivity contribution in [3.63, 3.8) is 0 Å². The van der Waals surface area contributed by atoms with Gasteiger partial charge in [-0.3, -0.25) is 0 Å². The van der Waals surface area contributed by atoms with Crippen LogP contribution in [0.15, 0.2) is 61.2 Å². The molecule has 0 unspecified atom stereocenters. The van der Waals surface area contributed by atoms with Crippen LogP contribution in [0.25, 0.3) is 0 Å². The second-order valence-electron chi connectivity index (χ2n) is 5.05. The van der Waals surface area contributed by atoms with E-state index >= 15 is 0 Å². The molecule has 3 heteroatoms. The fourth-order valence-corrected chi connectivity index (χ4v) is 2.52. The van der Waals surface area contributed by atoms with Gasteiger partial charge in [0.25, 0.3) is 0 Å². The van der Waals surface area contributed by atoms with E-state index in [9.17, 15) is 5.11 Å². The highest BCUT2D eigenvalue weighted by atomic mass is 35.5. The fraction of sp³-hybridized carbons (Fsp3) is 0.222. The number of ether oxygens (including phenoxy) is 1. The Morgan fingerprint density at radius 3 is 2.24 bits per heavy atom. The maximum atomic E-state index is 9.93. The predicted octanol–water partition coefficient (Wildman–Crippen LogP) is 4.01. The predicted molar refractivity (Wildman–Crippen MR) is 87.1 cm³/mol. The van der Waals surface area contributed by atoms with E-state index < -0.39 is 5.41 Å². The molecule has 0 aliphatic heterocycles. The lowest BCUT2D eigenvalue weighted by atomic mass is 9.76. The van der Waals surface area contributed by atoms with Gasteiger partial charge in [-0.05, 0) is 41.8 Å². The summed E-state index contributed by atoms with van der Waals surface area (Å²) in [5.74, 6) is 0.818. The molecule has 0 saturated carbocycles. The van der Waals surface area contributed by atoms with E-state index in [0.29, 0.717) is 11.4 Å². The van der Waals surface area contributed by atoms with Gasteiger partial charge in [0.05, 0.1) is 13.7 Å². The minimum Gasteiger partial charge on any atom is -0.497 e. The summed E-state index contributed by atoms with van der Waals surface area (Å²) in [4.78, 5) is 0. The van der Waals surface area contributed by atoms with Gasteiger partial charge in [-0.2, -0.15) is 0 Å². The third-order valence-corrected chi connectivity index (χ3v) is 4.02.